The Kier molecular flexibility index (Phi) is 2.14. The zero-order valence-corrected chi connectivity index (χ0v) is 8.56. The third kappa shape index (κ3) is 1.36. The molecule has 2 heterocycles. The van der Waals surface area contributed by atoms with Gasteiger partial charge in [-0.25, -0.2) is 0 Å². The van der Waals surface area contributed by atoms with Crippen LogP contribution in [-0.4, -0.2) is 46.7 Å². The fraction of sp³-hybridized carbons (Fsp3) is 1.00. The van der Waals surface area contributed by atoms with Crippen molar-refractivity contribution in [1.82, 2.24) is 0 Å². The van der Waals surface area contributed by atoms with Crippen LogP contribution in [0.5, 0.6) is 0 Å². The second kappa shape index (κ2) is 2.90. The molecule has 0 amide bonds. The first-order valence-corrected chi connectivity index (χ1v) is 4.70. The van der Waals surface area contributed by atoms with Crippen molar-refractivity contribution >= 4 is 0 Å². The van der Waals surface area contributed by atoms with Gasteiger partial charge in [-0.05, 0) is 20.8 Å². The zero-order chi connectivity index (χ0) is 10.6. The van der Waals surface area contributed by atoms with Gasteiger partial charge in [-0.15, -0.1) is 0 Å². The molecule has 4 atom stereocenters. The van der Waals surface area contributed by atoms with Crippen molar-refractivity contribution in [2.24, 2.45) is 0 Å². The van der Waals surface area contributed by atoms with E-state index in [9.17, 15) is 10.2 Å². The quantitative estimate of drug-likeness (QED) is 0.608. The smallest absolute Gasteiger partial charge is 0.184 e. The molecule has 82 valence electrons. The molecule has 0 saturated carbocycles. The molecule has 0 aromatic carbocycles. The van der Waals surface area contributed by atoms with Crippen molar-refractivity contribution in [2.45, 2.75) is 50.7 Å². The maximum atomic E-state index is 9.56. The summed E-state index contributed by atoms with van der Waals surface area (Å²) in [6.45, 7) is 5.04. The lowest BCUT2D eigenvalue weighted by atomic mass is 9.99. The number of fused-ring (bicyclic) bond motifs is 1. The highest BCUT2D eigenvalue weighted by Crippen LogP contribution is 2.42. The van der Waals surface area contributed by atoms with Crippen molar-refractivity contribution in [3.05, 3.63) is 0 Å². The molecule has 0 radical (unpaired) electrons. The molecular weight excluding hydrogens is 188 g/mol. The van der Waals surface area contributed by atoms with Gasteiger partial charge in [0.15, 0.2) is 12.1 Å². The van der Waals surface area contributed by atoms with E-state index in [1.165, 1.54) is 0 Å². The van der Waals surface area contributed by atoms with Crippen LogP contribution in [0, 0.1) is 0 Å². The first-order valence-electron chi connectivity index (χ1n) is 4.70. The van der Waals surface area contributed by atoms with Gasteiger partial charge in [0, 0.05) is 0 Å². The van der Waals surface area contributed by atoms with Crippen LogP contribution in [0.3, 0.4) is 0 Å². The molecule has 0 bridgehead atoms. The number of ether oxygens (including phenoxy) is 3. The molecule has 5 heteroatoms. The Labute approximate surface area is 82.6 Å². The highest BCUT2D eigenvalue weighted by Gasteiger charge is 2.60. The van der Waals surface area contributed by atoms with Gasteiger partial charge < -0.3 is 24.4 Å². The van der Waals surface area contributed by atoms with Crippen LogP contribution in [0.25, 0.3) is 0 Å². The van der Waals surface area contributed by atoms with Crippen molar-refractivity contribution in [1.29, 1.82) is 0 Å². The first-order chi connectivity index (χ1) is 6.38. The van der Waals surface area contributed by atoms with Crippen LogP contribution >= 0.6 is 0 Å². The highest BCUT2D eigenvalue weighted by atomic mass is 16.8. The lowest BCUT2D eigenvalue weighted by molar-refractivity contribution is -0.245. The van der Waals surface area contributed by atoms with Gasteiger partial charge in [-0.3, -0.25) is 0 Å². The zero-order valence-electron chi connectivity index (χ0n) is 8.56. The van der Waals surface area contributed by atoms with Crippen LogP contribution in [0.15, 0.2) is 0 Å². The van der Waals surface area contributed by atoms with E-state index in [0.29, 0.717) is 0 Å². The molecule has 0 aromatic rings. The third-order valence-corrected chi connectivity index (χ3v) is 2.72. The lowest BCUT2D eigenvalue weighted by Crippen LogP contribution is -2.43. The molecule has 0 aliphatic carbocycles. The molecule has 0 spiro atoms. The normalized spacial score (nSPS) is 50.8. The maximum Gasteiger partial charge on any atom is 0.184 e. The van der Waals surface area contributed by atoms with Crippen LogP contribution in [0.2, 0.25) is 0 Å². The van der Waals surface area contributed by atoms with E-state index < -0.39 is 29.9 Å². The largest absolute Gasteiger partial charge is 0.393 e. The summed E-state index contributed by atoms with van der Waals surface area (Å²) in [6, 6.07) is 0. The minimum absolute atomic E-state index is 0.204. The molecule has 2 fully saturated rings. The number of rotatable bonds is 1. The summed E-state index contributed by atoms with van der Waals surface area (Å²) in [4.78, 5) is 0. The number of hydrogen-bond donors (Lipinski definition) is 2. The SMILES string of the molecule is CC1(C)O[C@H]2[C@H](O)O[C@@](C)(CO)[C@H]2O1. The maximum absolute atomic E-state index is 9.56. The molecule has 14 heavy (non-hydrogen) atoms. The average Bonchev–Trinajstić information content (AvgIpc) is 2.50. The monoisotopic (exact) mass is 204 g/mol. The summed E-state index contributed by atoms with van der Waals surface area (Å²) in [5.74, 6) is -0.726. The summed E-state index contributed by atoms with van der Waals surface area (Å²) in [7, 11) is 0. The van der Waals surface area contributed by atoms with Gasteiger partial charge in [0.25, 0.3) is 0 Å². The predicted molar refractivity (Wildman–Crippen MR) is 46.4 cm³/mol. The van der Waals surface area contributed by atoms with E-state index in [2.05, 4.69) is 0 Å². The van der Waals surface area contributed by atoms with Crippen molar-refractivity contribution in [2.75, 3.05) is 6.61 Å². The van der Waals surface area contributed by atoms with Crippen LogP contribution < -0.4 is 0 Å². The third-order valence-electron chi connectivity index (χ3n) is 2.72. The standard InChI is InChI=1S/C9H16O5/c1-8(2)12-5-6(13-8)9(3,4-10)14-7(5)11/h5-7,10-11H,4H2,1-3H3/t5-,6+,7-,9+/m1/s1. The molecule has 0 unspecified atom stereocenters. The number of aliphatic hydroxyl groups excluding tert-OH is 2. The Morgan fingerprint density at radius 1 is 1.14 bits per heavy atom. The fourth-order valence-corrected chi connectivity index (χ4v) is 2.01. The summed E-state index contributed by atoms with van der Waals surface area (Å²) in [5, 5.41) is 18.7. The fourth-order valence-electron chi connectivity index (χ4n) is 2.01. The molecule has 0 aromatic heterocycles. The van der Waals surface area contributed by atoms with Crippen LogP contribution in [-0.2, 0) is 14.2 Å². The van der Waals surface area contributed by atoms with E-state index >= 15 is 0 Å². The molecule has 2 aliphatic rings. The van der Waals surface area contributed by atoms with Crippen LogP contribution in [0.1, 0.15) is 20.8 Å². The molecule has 2 aliphatic heterocycles. The van der Waals surface area contributed by atoms with E-state index in [1.54, 1.807) is 20.8 Å². The first kappa shape index (κ1) is 10.3. The topological polar surface area (TPSA) is 68.2 Å². The Morgan fingerprint density at radius 2 is 1.79 bits per heavy atom. The van der Waals surface area contributed by atoms with E-state index in [-0.39, 0.29) is 6.61 Å². The second-order valence-corrected chi connectivity index (χ2v) is 4.50. The minimum atomic E-state index is -1.03. The minimum Gasteiger partial charge on any atom is -0.393 e. The molecule has 2 N–H and O–H groups in total. The lowest BCUT2D eigenvalue weighted by Gasteiger charge is -2.28. The summed E-state index contributed by atoms with van der Waals surface area (Å²) < 4.78 is 16.3. The Morgan fingerprint density at radius 3 is 2.36 bits per heavy atom. The average molecular weight is 204 g/mol. The Hall–Kier alpha value is -0.200. The predicted octanol–water partition coefficient (Wildman–Crippen LogP) is -0.394. The molecular formula is C9H16O5. The highest BCUT2D eigenvalue weighted by molar-refractivity contribution is 5.02. The van der Waals surface area contributed by atoms with Crippen molar-refractivity contribution in [3.63, 3.8) is 0 Å². The summed E-state index contributed by atoms with van der Waals surface area (Å²) in [6.07, 6.45) is -1.96. The van der Waals surface area contributed by atoms with Crippen molar-refractivity contribution < 1.29 is 24.4 Å². The molecule has 2 rings (SSSR count). The van der Waals surface area contributed by atoms with Gasteiger partial charge in [-0.1, -0.05) is 0 Å². The van der Waals surface area contributed by atoms with Gasteiger partial charge in [0.05, 0.1) is 6.61 Å². The van der Waals surface area contributed by atoms with Gasteiger partial charge in [0.2, 0.25) is 0 Å². The summed E-state index contributed by atoms with van der Waals surface area (Å²) >= 11 is 0. The number of hydrogen-bond acceptors (Lipinski definition) is 5. The Bertz CT molecular complexity index is 241. The van der Waals surface area contributed by atoms with E-state index in [1.807, 2.05) is 0 Å². The molecule has 5 nitrogen and oxygen atoms in total. The Balaban J connectivity index is 2.23. The van der Waals surface area contributed by atoms with Gasteiger partial charge >= 0.3 is 0 Å². The van der Waals surface area contributed by atoms with E-state index in [4.69, 9.17) is 14.2 Å². The van der Waals surface area contributed by atoms with Crippen LogP contribution in [0.4, 0.5) is 0 Å². The van der Waals surface area contributed by atoms with Crippen molar-refractivity contribution in [3.8, 4) is 0 Å². The molecule has 2 saturated heterocycles. The van der Waals surface area contributed by atoms with Gasteiger partial charge in [0.1, 0.15) is 17.8 Å². The number of aliphatic hydroxyl groups is 2. The van der Waals surface area contributed by atoms with E-state index in [0.717, 1.165) is 0 Å². The second-order valence-electron chi connectivity index (χ2n) is 4.50. The van der Waals surface area contributed by atoms with Gasteiger partial charge in [-0.2, -0.15) is 0 Å². The summed E-state index contributed by atoms with van der Waals surface area (Å²) in [5.41, 5.74) is -0.877.